The number of nitrogens with one attached hydrogen (secondary N) is 2. The summed E-state index contributed by atoms with van der Waals surface area (Å²) in [6.45, 7) is 4.66. The van der Waals surface area contributed by atoms with E-state index in [0.29, 0.717) is 38.8 Å². The van der Waals surface area contributed by atoms with Crippen molar-refractivity contribution in [3.63, 3.8) is 0 Å². The Labute approximate surface area is 247 Å². The van der Waals surface area contributed by atoms with Crippen LogP contribution < -0.4 is 10.6 Å². The molecule has 2 saturated heterocycles. The first kappa shape index (κ1) is 31.0. The maximum Gasteiger partial charge on any atom is 0.329 e. The van der Waals surface area contributed by atoms with Crippen LogP contribution >= 0.6 is 0 Å². The fourth-order valence-electron chi connectivity index (χ4n) is 5.96. The van der Waals surface area contributed by atoms with Crippen molar-refractivity contribution >= 4 is 23.9 Å². The molecule has 2 fully saturated rings. The molecule has 0 bridgehead atoms. The van der Waals surface area contributed by atoms with E-state index in [0.717, 1.165) is 11.1 Å². The standard InChI is InChI=1S/C32H42N4O6/c1-4-41-30(38)26(16-15-23-11-7-5-8-12-23)34-22(2)29(37)36-27(31(39)42-21-24-13-9-6-10-14-24)19-25-17-18-35(20-28(25)36)32(40)33-3/h5-14,22,25-28,34H,4,15-21H2,1-3H3,(H,33,40)/t22-,25+,26+,27+,28+/m1/s1. The van der Waals surface area contributed by atoms with E-state index in [4.69, 9.17) is 9.47 Å². The molecule has 226 valence electrons. The molecule has 4 rings (SSSR count). The lowest BCUT2D eigenvalue weighted by Gasteiger charge is -2.40. The Morgan fingerprint density at radius 3 is 2.29 bits per heavy atom. The van der Waals surface area contributed by atoms with Gasteiger partial charge in [-0.3, -0.25) is 14.9 Å². The van der Waals surface area contributed by atoms with Crippen molar-refractivity contribution in [1.29, 1.82) is 0 Å². The number of aryl methyl sites for hydroxylation is 1. The van der Waals surface area contributed by atoms with E-state index in [1.54, 1.807) is 30.7 Å². The molecular formula is C32H42N4O6. The molecule has 0 saturated carbocycles. The third-order valence-electron chi connectivity index (χ3n) is 8.15. The van der Waals surface area contributed by atoms with Gasteiger partial charge in [0.15, 0.2) is 0 Å². The van der Waals surface area contributed by atoms with Crippen LogP contribution in [0.3, 0.4) is 0 Å². The third-order valence-corrected chi connectivity index (χ3v) is 8.15. The van der Waals surface area contributed by atoms with Crippen LogP contribution in [0.25, 0.3) is 0 Å². The zero-order chi connectivity index (χ0) is 30.1. The highest BCUT2D eigenvalue weighted by Gasteiger charge is 2.51. The van der Waals surface area contributed by atoms with Crippen LogP contribution in [0.1, 0.15) is 44.2 Å². The van der Waals surface area contributed by atoms with Gasteiger partial charge in [0.1, 0.15) is 18.7 Å². The number of piperidine rings is 1. The van der Waals surface area contributed by atoms with Gasteiger partial charge in [0.2, 0.25) is 5.91 Å². The van der Waals surface area contributed by atoms with Crippen molar-refractivity contribution in [3.8, 4) is 0 Å². The summed E-state index contributed by atoms with van der Waals surface area (Å²) >= 11 is 0. The molecule has 5 atom stereocenters. The molecule has 42 heavy (non-hydrogen) atoms. The first-order valence-corrected chi connectivity index (χ1v) is 14.8. The third kappa shape index (κ3) is 7.67. The van der Waals surface area contributed by atoms with Crippen LogP contribution in [0.2, 0.25) is 0 Å². The number of hydrogen-bond acceptors (Lipinski definition) is 7. The highest BCUT2D eigenvalue weighted by Crippen LogP contribution is 2.37. The van der Waals surface area contributed by atoms with Crippen molar-refractivity contribution in [2.75, 3.05) is 26.7 Å². The van der Waals surface area contributed by atoms with Crippen LogP contribution in [0, 0.1) is 5.92 Å². The average molecular weight is 579 g/mol. The van der Waals surface area contributed by atoms with Gasteiger partial charge >= 0.3 is 18.0 Å². The van der Waals surface area contributed by atoms with Crippen LogP contribution in [-0.2, 0) is 36.9 Å². The highest BCUT2D eigenvalue weighted by atomic mass is 16.5. The van der Waals surface area contributed by atoms with Crippen molar-refractivity contribution in [2.45, 2.75) is 70.3 Å². The van der Waals surface area contributed by atoms with Crippen LogP contribution in [0.4, 0.5) is 4.79 Å². The number of ether oxygens (including phenoxy) is 2. The van der Waals surface area contributed by atoms with E-state index < -0.39 is 30.1 Å². The molecule has 2 aliphatic heterocycles. The van der Waals surface area contributed by atoms with E-state index in [-0.39, 0.29) is 37.1 Å². The molecule has 0 aliphatic carbocycles. The summed E-state index contributed by atoms with van der Waals surface area (Å²) in [6, 6.07) is 16.4. The molecule has 2 N–H and O–H groups in total. The lowest BCUT2D eigenvalue weighted by molar-refractivity contribution is -0.157. The van der Waals surface area contributed by atoms with E-state index in [2.05, 4.69) is 10.6 Å². The van der Waals surface area contributed by atoms with Gasteiger partial charge < -0.3 is 24.6 Å². The minimum atomic E-state index is -0.784. The van der Waals surface area contributed by atoms with Crippen LogP contribution in [0.5, 0.6) is 0 Å². The number of urea groups is 1. The zero-order valence-corrected chi connectivity index (χ0v) is 24.7. The van der Waals surface area contributed by atoms with Gasteiger partial charge in [0.25, 0.3) is 0 Å². The zero-order valence-electron chi connectivity index (χ0n) is 24.7. The fourth-order valence-corrected chi connectivity index (χ4v) is 5.96. The first-order chi connectivity index (χ1) is 20.3. The number of carbonyl (C=O) groups is 4. The smallest absolute Gasteiger partial charge is 0.329 e. The van der Waals surface area contributed by atoms with Crippen molar-refractivity contribution in [2.24, 2.45) is 5.92 Å². The summed E-state index contributed by atoms with van der Waals surface area (Å²) < 4.78 is 11.0. The summed E-state index contributed by atoms with van der Waals surface area (Å²) in [6.07, 6.45) is 2.21. The highest BCUT2D eigenvalue weighted by molar-refractivity contribution is 5.89. The van der Waals surface area contributed by atoms with Gasteiger partial charge in [0.05, 0.1) is 18.7 Å². The van der Waals surface area contributed by atoms with Gasteiger partial charge in [-0.2, -0.15) is 0 Å². The van der Waals surface area contributed by atoms with Gasteiger partial charge in [-0.15, -0.1) is 0 Å². The second-order valence-electron chi connectivity index (χ2n) is 10.9. The number of rotatable bonds is 11. The Kier molecular flexibility index (Phi) is 10.9. The number of hydrogen-bond donors (Lipinski definition) is 2. The molecule has 2 aromatic carbocycles. The van der Waals surface area contributed by atoms with Crippen molar-refractivity contribution in [3.05, 3.63) is 71.8 Å². The van der Waals surface area contributed by atoms with Gasteiger partial charge in [-0.05, 0) is 56.6 Å². The Morgan fingerprint density at radius 1 is 0.976 bits per heavy atom. The summed E-state index contributed by atoms with van der Waals surface area (Å²) in [5.41, 5.74) is 1.93. The Hall–Kier alpha value is -3.92. The minimum absolute atomic E-state index is 0.0512. The maximum absolute atomic E-state index is 14.1. The number of esters is 2. The minimum Gasteiger partial charge on any atom is -0.465 e. The number of likely N-dealkylation sites (tertiary alicyclic amines) is 2. The molecule has 0 radical (unpaired) electrons. The van der Waals surface area contributed by atoms with Gasteiger partial charge in [-0.25, -0.2) is 9.59 Å². The first-order valence-electron chi connectivity index (χ1n) is 14.8. The normalized spacial score (nSPS) is 21.2. The molecule has 0 spiro atoms. The molecule has 3 amide bonds. The van der Waals surface area contributed by atoms with Crippen LogP contribution in [0.15, 0.2) is 60.7 Å². The molecule has 0 unspecified atom stereocenters. The lowest BCUT2D eigenvalue weighted by atomic mass is 9.91. The molecule has 10 heteroatoms. The number of benzene rings is 2. The molecule has 2 aliphatic rings. The lowest BCUT2D eigenvalue weighted by Crippen LogP contribution is -2.59. The molecule has 0 aromatic heterocycles. The quantitative estimate of drug-likeness (QED) is 0.394. The predicted molar refractivity (Wildman–Crippen MR) is 157 cm³/mol. The fraction of sp³-hybridized carbons (Fsp3) is 0.500. The maximum atomic E-state index is 14.1. The SMILES string of the molecule is CCOC(=O)[C@H](CCc1ccccc1)N[C@H](C)C(=O)N1[C@H](C(=O)OCc2ccccc2)C[C@@H]2CCN(C(=O)NC)C[C@@H]21. The Morgan fingerprint density at radius 2 is 1.64 bits per heavy atom. The molecule has 2 aromatic rings. The molecular weight excluding hydrogens is 536 g/mol. The molecule has 2 heterocycles. The van der Waals surface area contributed by atoms with Gasteiger partial charge in [0, 0.05) is 20.1 Å². The summed E-state index contributed by atoms with van der Waals surface area (Å²) in [4.78, 5) is 56.2. The monoisotopic (exact) mass is 578 g/mol. The molecule has 10 nitrogen and oxygen atoms in total. The number of amides is 3. The summed E-state index contributed by atoms with van der Waals surface area (Å²) in [7, 11) is 1.58. The average Bonchev–Trinajstić information content (AvgIpc) is 3.41. The Balaban J connectivity index is 1.51. The van der Waals surface area contributed by atoms with E-state index in [1.807, 2.05) is 60.7 Å². The summed E-state index contributed by atoms with van der Waals surface area (Å²) in [5.74, 6) is -1.15. The Bertz CT molecular complexity index is 1210. The van der Waals surface area contributed by atoms with Crippen molar-refractivity contribution in [1.82, 2.24) is 20.4 Å². The number of carbonyl (C=O) groups excluding carboxylic acids is 4. The summed E-state index contributed by atoms with van der Waals surface area (Å²) in [5, 5.41) is 5.86. The second kappa shape index (κ2) is 14.8. The van der Waals surface area contributed by atoms with E-state index in [9.17, 15) is 19.2 Å². The number of nitrogens with zero attached hydrogens (tertiary/aromatic N) is 2. The second-order valence-corrected chi connectivity index (χ2v) is 10.9. The van der Waals surface area contributed by atoms with E-state index >= 15 is 0 Å². The van der Waals surface area contributed by atoms with Crippen LogP contribution in [-0.4, -0.2) is 84.6 Å². The number of fused-ring (bicyclic) bond motifs is 1. The van der Waals surface area contributed by atoms with Gasteiger partial charge in [-0.1, -0.05) is 60.7 Å². The van der Waals surface area contributed by atoms with Crippen molar-refractivity contribution < 1.29 is 28.7 Å². The largest absolute Gasteiger partial charge is 0.465 e. The predicted octanol–water partition coefficient (Wildman–Crippen LogP) is 2.90. The van der Waals surface area contributed by atoms with E-state index in [1.165, 1.54) is 0 Å². The topological polar surface area (TPSA) is 117 Å².